The van der Waals surface area contributed by atoms with Gasteiger partial charge in [-0.3, -0.25) is 5.10 Å². The lowest BCUT2D eigenvalue weighted by atomic mass is 10.1. The van der Waals surface area contributed by atoms with Crippen molar-refractivity contribution in [2.75, 3.05) is 0 Å². The van der Waals surface area contributed by atoms with Crippen LogP contribution in [0.15, 0.2) is 30.3 Å². The molecule has 0 aliphatic carbocycles. The summed E-state index contributed by atoms with van der Waals surface area (Å²) in [7, 11) is -2.72. The second kappa shape index (κ2) is 8.02. The van der Waals surface area contributed by atoms with Gasteiger partial charge in [0.1, 0.15) is 14.1 Å². The molecule has 0 radical (unpaired) electrons. The van der Waals surface area contributed by atoms with E-state index in [4.69, 9.17) is 10.8 Å². The minimum Gasteiger partial charge on any atom is -0.363 e. The van der Waals surface area contributed by atoms with Gasteiger partial charge in [0.25, 0.3) is 0 Å². The number of nitrogens with one attached hydrogen (secondary N) is 1. The summed E-state index contributed by atoms with van der Waals surface area (Å²) in [6.45, 7) is 13.0. The number of aromatic nitrogens is 2. The quantitative estimate of drug-likeness (QED) is 0.394. The van der Waals surface area contributed by atoms with Crippen LogP contribution in [0.5, 0.6) is 0 Å². The van der Waals surface area contributed by atoms with Crippen LogP contribution < -0.4 is 5.32 Å². The molecular weight excluding hydrogens is 330 g/mol. The van der Waals surface area contributed by atoms with Crippen molar-refractivity contribution in [1.29, 1.82) is 5.26 Å². The Kier molecular flexibility index (Phi) is 6.61. The van der Waals surface area contributed by atoms with E-state index in [2.05, 4.69) is 60.3 Å². The fourth-order valence-electron chi connectivity index (χ4n) is 2.02. The molecule has 0 amide bonds. The number of rotatable bonds is 3. The molecule has 24 heavy (non-hydrogen) atoms. The highest BCUT2D eigenvalue weighted by Crippen LogP contribution is 2.22. The molecule has 126 valence electrons. The van der Waals surface area contributed by atoms with Crippen molar-refractivity contribution in [3.05, 3.63) is 41.6 Å². The van der Waals surface area contributed by atoms with Gasteiger partial charge in [-0.05, 0) is 5.56 Å². The van der Waals surface area contributed by atoms with Gasteiger partial charge in [0, 0.05) is 10.9 Å². The molecule has 7 heteroatoms. The van der Waals surface area contributed by atoms with Crippen LogP contribution in [0.4, 0.5) is 0 Å². The normalized spacial score (nSPS) is 10.9. The summed E-state index contributed by atoms with van der Waals surface area (Å²) >= 11 is 0. The number of H-pyrrole nitrogens is 1. The summed E-state index contributed by atoms with van der Waals surface area (Å²) in [6.07, 6.45) is 0. The molecule has 0 spiro atoms. The van der Waals surface area contributed by atoms with E-state index in [9.17, 15) is 0 Å². The zero-order valence-corrected chi connectivity index (χ0v) is 17.3. The van der Waals surface area contributed by atoms with E-state index in [-0.39, 0.29) is 0 Å². The number of nitrogens with zero attached hydrogens (tertiary/aromatic N) is 4. The Morgan fingerprint density at radius 2 is 1.71 bits per heavy atom. The van der Waals surface area contributed by atoms with E-state index >= 15 is 0 Å². The molecule has 1 N–H and O–H groups in total. The molecule has 0 aliphatic heterocycles. The maximum absolute atomic E-state index is 9.14. The van der Waals surface area contributed by atoms with Crippen molar-refractivity contribution in [3.63, 3.8) is 0 Å². The molecule has 0 atom stereocenters. The lowest BCUT2D eigenvalue weighted by Gasteiger charge is -2.16. The average Bonchev–Trinajstić information content (AvgIpc) is 2.91. The van der Waals surface area contributed by atoms with Gasteiger partial charge in [0.05, 0.1) is 0 Å². The first-order valence-corrected chi connectivity index (χ1v) is 14.9. The molecule has 5 nitrogen and oxygen atoms in total. The molecule has 0 unspecified atom stereocenters. The number of hydrogen-bond acceptors (Lipinski definition) is 2. The molecule has 0 fully saturated rings. The summed E-state index contributed by atoms with van der Waals surface area (Å²) in [6, 6.07) is 12.2. The molecule has 1 aromatic heterocycles. The van der Waals surface area contributed by atoms with Crippen molar-refractivity contribution in [1.82, 2.24) is 10.2 Å². The van der Waals surface area contributed by atoms with Crippen LogP contribution in [0, 0.1) is 11.3 Å². The van der Waals surface area contributed by atoms with Crippen molar-refractivity contribution < 1.29 is 4.79 Å². The highest BCUT2D eigenvalue weighted by molar-refractivity contribution is 6.98. The van der Waals surface area contributed by atoms with Crippen molar-refractivity contribution >= 4 is 27.3 Å². The van der Waals surface area contributed by atoms with Gasteiger partial charge in [-0.25, -0.2) is 0 Å². The minimum absolute atomic E-state index is 0.494. The Hall–Kier alpha value is -2.27. The van der Waals surface area contributed by atoms with Crippen LogP contribution in [0.25, 0.3) is 16.7 Å². The van der Waals surface area contributed by atoms with Crippen LogP contribution in [0.3, 0.4) is 0 Å². The topological polar surface area (TPSA) is 88.9 Å². The largest absolute Gasteiger partial charge is 0.363 e. The first-order chi connectivity index (χ1) is 11.1. The van der Waals surface area contributed by atoms with Gasteiger partial charge < -0.3 is 5.53 Å². The number of aromatic amines is 1. The smallest absolute Gasteiger partial charge is 0.226 e. The second-order valence-corrected chi connectivity index (χ2v) is 17.7. The molecule has 0 saturated heterocycles. The fourth-order valence-corrected chi connectivity index (χ4v) is 3.78. The summed E-state index contributed by atoms with van der Waals surface area (Å²) in [5.41, 5.74) is 10.5. The van der Waals surface area contributed by atoms with E-state index in [0.717, 1.165) is 16.4 Å². The third kappa shape index (κ3) is 5.74. The Bertz CT molecular complexity index is 755. The van der Waals surface area contributed by atoms with E-state index in [1.807, 2.05) is 30.3 Å². The molecule has 0 aliphatic rings. The molecule has 1 heterocycles. The Morgan fingerprint density at radius 3 is 2.08 bits per heavy atom. The molecule has 2 aromatic rings. The minimum atomic E-state index is -1.53. The predicted molar refractivity (Wildman–Crippen MR) is 105 cm³/mol. The molecule has 2 rings (SSSR count). The molecule has 0 saturated carbocycles. The summed E-state index contributed by atoms with van der Waals surface area (Å²) in [4.78, 5) is 2.94. The van der Waals surface area contributed by atoms with E-state index in [1.54, 1.807) is 5.84 Å². The molecular formula is C17H25N5Si2. The van der Waals surface area contributed by atoms with Crippen molar-refractivity contribution in [3.8, 4) is 17.2 Å². The summed E-state index contributed by atoms with van der Waals surface area (Å²) < 4.78 is 0. The average molecular weight is 356 g/mol. The van der Waals surface area contributed by atoms with Crippen molar-refractivity contribution in [2.45, 2.75) is 39.3 Å². The van der Waals surface area contributed by atoms with Gasteiger partial charge in [0.15, 0.2) is 13.8 Å². The lowest BCUT2D eigenvalue weighted by molar-refractivity contribution is 0.00680. The van der Waals surface area contributed by atoms with Gasteiger partial charge in [0.2, 0.25) is 5.84 Å². The van der Waals surface area contributed by atoms with Crippen LogP contribution in [0.1, 0.15) is 5.69 Å². The third-order valence-electron chi connectivity index (χ3n) is 3.13. The van der Waals surface area contributed by atoms with E-state index in [1.165, 1.54) is 0 Å². The van der Waals surface area contributed by atoms with Crippen LogP contribution in [0.2, 0.25) is 39.3 Å². The highest BCUT2D eigenvalue weighted by atomic mass is 28.3. The fraction of sp³-hybridized carbons (Fsp3) is 0.353. The van der Waals surface area contributed by atoms with Gasteiger partial charge in [-0.2, -0.15) is 15.2 Å². The number of hydrogen-bond donors (Lipinski definition) is 1. The molecule has 1 aromatic carbocycles. The SMILES string of the molecule is C[Si](C)(C)C=[N+]=[N-].C[Si](C)(C)c1[nH]nc(C#N)c1-c1ccccc1. The Morgan fingerprint density at radius 1 is 1.12 bits per heavy atom. The molecule has 0 bridgehead atoms. The monoisotopic (exact) mass is 355 g/mol. The maximum atomic E-state index is 9.14. The zero-order valence-electron chi connectivity index (χ0n) is 15.3. The van der Waals surface area contributed by atoms with Crippen LogP contribution >= 0.6 is 0 Å². The third-order valence-corrected chi connectivity index (χ3v) is 5.88. The maximum Gasteiger partial charge on any atom is 0.226 e. The Labute approximate surface area is 146 Å². The van der Waals surface area contributed by atoms with Gasteiger partial charge >= 0.3 is 0 Å². The number of benzene rings is 1. The van der Waals surface area contributed by atoms with E-state index in [0.29, 0.717) is 5.69 Å². The first kappa shape index (κ1) is 19.8. The first-order valence-electron chi connectivity index (χ1n) is 7.83. The Balaban J connectivity index is 0.000000351. The summed E-state index contributed by atoms with van der Waals surface area (Å²) in [5.74, 6) is 1.63. The van der Waals surface area contributed by atoms with Gasteiger partial charge in [-0.15, -0.1) is 0 Å². The van der Waals surface area contributed by atoms with Crippen molar-refractivity contribution in [2.24, 2.45) is 0 Å². The van der Waals surface area contributed by atoms with E-state index < -0.39 is 16.1 Å². The van der Waals surface area contributed by atoms with Crippen LogP contribution in [-0.4, -0.2) is 37.0 Å². The predicted octanol–water partition coefficient (Wildman–Crippen LogP) is 3.66. The second-order valence-electron chi connectivity index (χ2n) is 7.66. The van der Waals surface area contributed by atoms with Crippen LogP contribution in [-0.2, 0) is 0 Å². The standard InChI is InChI=1S/C13H15N3Si.C4H10N2Si/c1-17(2,3)13-12(11(9-14)15-16-13)10-7-5-4-6-8-10;1-7(2,3)4-6-5/h4-8H,1-3H3,(H,15,16);4H,1-3H3. The zero-order chi connectivity index (χ0) is 18.4. The van der Waals surface area contributed by atoms with Gasteiger partial charge in [-0.1, -0.05) is 69.6 Å². The number of nitriles is 1. The summed E-state index contributed by atoms with van der Waals surface area (Å²) in [5, 5.41) is 17.5. The lowest BCUT2D eigenvalue weighted by Crippen LogP contribution is -2.40. The highest BCUT2D eigenvalue weighted by Gasteiger charge is 2.26.